The minimum atomic E-state index is -0.356. The number of nitrogens with one attached hydrogen (secondary N) is 1. The number of rotatable bonds is 3. The van der Waals surface area contributed by atoms with Crippen molar-refractivity contribution >= 4 is 17.5 Å². The van der Waals surface area contributed by atoms with Crippen LogP contribution < -0.4 is 5.32 Å². The molecule has 5 heteroatoms. The molecule has 1 heterocycles. The van der Waals surface area contributed by atoms with Crippen molar-refractivity contribution < 1.29 is 14.0 Å². The van der Waals surface area contributed by atoms with Gasteiger partial charge in [0.1, 0.15) is 5.82 Å². The molecule has 4 nitrogen and oxygen atoms in total. The quantitative estimate of drug-likeness (QED) is 0.933. The van der Waals surface area contributed by atoms with E-state index in [1.807, 2.05) is 11.8 Å². The maximum Gasteiger partial charge on any atom is 0.227 e. The molecule has 0 bridgehead atoms. The van der Waals surface area contributed by atoms with E-state index in [-0.39, 0.29) is 29.5 Å². The zero-order valence-electron chi connectivity index (χ0n) is 12.8. The summed E-state index contributed by atoms with van der Waals surface area (Å²) >= 11 is 0. The number of amides is 2. The van der Waals surface area contributed by atoms with Gasteiger partial charge in [-0.25, -0.2) is 4.39 Å². The summed E-state index contributed by atoms with van der Waals surface area (Å²) in [6.07, 6.45) is 3.38. The molecule has 1 saturated carbocycles. The van der Waals surface area contributed by atoms with Crippen LogP contribution in [-0.4, -0.2) is 29.8 Å². The third-order valence-electron chi connectivity index (χ3n) is 4.56. The number of likely N-dealkylation sites (tertiary alicyclic amines) is 1. The number of carbonyl (C=O) groups excluding carboxylic acids is 2. The lowest BCUT2D eigenvalue weighted by atomic mass is 9.95. The molecule has 0 spiro atoms. The van der Waals surface area contributed by atoms with E-state index in [2.05, 4.69) is 5.32 Å². The van der Waals surface area contributed by atoms with Crippen LogP contribution in [0.25, 0.3) is 0 Å². The predicted octanol–water partition coefficient (Wildman–Crippen LogP) is 2.72. The fourth-order valence-electron chi connectivity index (χ4n) is 2.91. The summed E-state index contributed by atoms with van der Waals surface area (Å²) in [5, 5.41) is 2.82. The van der Waals surface area contributed by atoms with E-state index in [9.17, 15) is 14.0 Å². The molecule has 1 aliphatic carbocycles. The van der Waals surface area contributed by atoms with Gasteiger partial charge in [-0.3, -0.25) is 9.59 Å². The molecule has 0 atom stereocenters. The van der Waals surface area contributed by atoms with Crippen LogP contribution in [0.5, 0.6) is 0 Å². The Morgan fingerprint density at radius 2 is 1.82 bits per heavy atom. The van der Waals surface area contributed by atoms with E-state index in [0.29, 0.717) is 31.6 Å². The van der Waals surface area contributed by atoms with Gasteiger partial charge in [-0.2, -0.15) is 0 Å². The van der Waals surface area contributed by atoms with Crippen LogP contribution in [0.2, 0.25) is 0 Å². The van der Waals surface area contributed by atoms with E-state index < -0.39 is 0 Å². The Kier molecular flexibility index (Phi) is 4.14. The lowest BCUT2D eigenvalue weighted by molar-refractivity contribution is -0.135. The Hall–Kier alpha value is -1.91. The second-order valence-electron chi connectivity index (χ2n) is 6.32. The number of halogens is 1. The second-order valence-corrected chi connectivity index (χ2v) is 6.32. The predicted molar refractivity (Wildman–Crippen MR) is 81.8 cm³/mol. The van der Waals surface area contributed by atoms with Crippen molar-refractivity contribution in [3.8, 4) is 0 Å². The highest BCUT2D eigenvalue weighted by molar-refractivity contribution is 5.93. The van der Waals surface area contributed by atoms with Crippen molar-refractivity contribution in [2.45, 2.75) is 32.6 Å². The van der Waals surface area contributed by atoms with Gasteiger partial charge < -0.3 is 10.2 Å². The number of piperidine rings is 1. The average Bonchev–Trinajstić information content (AvgIpc) is 3.35. The average molecular weight is 304 g/mol. The molecule has 1 aromatic rings. The Labute approximate surface area is 129 Å². The van der Waals surface area contributed by atoms with Crippen molar-refractivity contribution in [1.29, 1.82) is 0 Å². The van der Waals surface area contributed by atoms with Gasteiger partial charge in [-0.05, 0) is 50.3 Å². The number of hydrogen-bond acceptors (Lipinski definition) is 2. The minimum absolute atomic E-state index is 0.0766. The standard InChI is InChI=1S/C17H21FN2O2/c1-11-2-5-14(18)10-15(11)19-16(21)12-6-8-20(9-7-12)17(22)13-3-4-13/h2,5,10,12-13H,3-4,6-9H2,1H3,(H,19,21). The van der Waals surface area contributed by atoms with Gasteiger partial charge in [0.25, 0.3) is 0 Å². The van der Waals surface area contributed by atoms with Gasteiger partial charge in [0.15, 0.2) is 0 Å². The summed E-state index contributed by atoms with van der Waals surface area (Å²) in [6.45, 7) is 3.14. The van der Waals surface area contributed by atoms with Crippen molar-refractivity contribution in [1.82, 2.24) is 4.90 Å². The van der Waals surface area contributed by atoms with Crippen LogP contribution >= 0.6 is 0 Å². The topological polar surface area (TPSA) is 49.4 Å². The zero-order chi connectivity index (χ0) is 15.7. The second kappa shape index (κ2) is 6.07. The Morgan fingerprint density at radius 3 is 2.45 bits per heavy atom. The Bertz CT molecular complexity index is 590. The number of benzene rings is 1. The fourth-order valence-corrected chi connectivity index (χ4v) is 2.91. The molecule has 118 valence electrons. The summed E-state index contributed by atoms with van der Waals surface area (Å²) in [7, 11) is 0. The first-order valence-electron chi connectivity index (χ1n) is 7.90. The third-order valence-corrected chi connectivity index (χ3v) is 4.56. The summed E-state index contributed by atoms with van der Waals surface area (Å²) in [5.41, 5.74) is 1.37. The number of hydrogen-bond donors (Lipinski definition) is 1. The Morgan fingerprint density at radius 1 is 1.14 bits per heavy atom. The van der Waals surface area contributed by atoms with Crippen LogP contribution in [0.3, 0.4) is 0 Å². The third kappa shape index (κ3) is 3.29. The molecule has 2 amide bonds. The first-order chi connectivity index (χ1) is 10.5. The molecule has 1 saturated heterocycles. The molecule has 2 aliphatic rings. The molecular formula is C17H21FN2O2. The van der Waals surface area contributed by atoms with Gasteiger partial charge >= 0.3 is 0 Å². The summed E-state index contributed by atoms with van der Waals surface area (Å²) < 4.78 is 13.3. The van der Waals surface area contributed by atoms with Crippen LogP contribution in [0.1, 0.15) is 31.2 Å². The lowest BCUT2D eigenvalue weighted by Crippen LogP contribution is -2.42. The highest BCUT2D eigenvalue weighted by Crippen LogP contribution is 2.32. The monoisotopic (exact) mass is 304 g/mol. The van der Waals surface area contributed by atoms with E-state index in [1.165, 1.54) is 12.1 Å². The van der Waals surface area contributed by atoms with Crippen LogP contribution in [-0.2, 0) is 9.59 Å². The molecule has 0 radical (unpaired) electrons. The summed E-state index contributed by atoms with van der Waals surface area (Å²) in [4.78, 5) is 26.2. The summed E-state index contributed by atoms with van der Waals surface area (Å²) in [6, 6.07) is 4.38. The number of nitrogens with zero attached hydrogens (tertiary/aromatic N) is 1. The maximum atomic E-state index is 13.3. The smallest absolute Gasteiger partial charge is 0.227 e. The number of anilines is 1. The van der Waals surface area contributed by atoms with Gasteiger partial charge in [0.05, 0.1) is 0 Å². The van der Waals surface area contributed by atoms with Crippen LogP contribution in [0.15, 0.2) is 18.2 Å². The molecule has 22 heavy (non-hydrogen) atoms. The highest BCUT2D eigenvalue weighted by atomic mass is 19.1. The zero-order valence-corrected chi connectivity index (χ0v) is 12.8. The maximum absolute atomic E-state index is 13.3. The normalized spacial score (nSPS) is 19.1. The molecule has 1 aromatic carbocycles. The molecule has 1 N–H and O–H groups in total. The SMILES string of the molecule is Cc1ccc(F)cc1NC(=O)C1CCN(C(=O)C2CC2)CC1. The molecule has 0 aromatic heterocycles. The molecular weight excluding hydrogens is 283 g/mol. The number of aryl methyl sites for hydroxylation is 1. The van der Waals surface area contributed by atoms with Crippen molar-refractivity contribution in [2.75, 3.05) is 18.4 Å². The van der Waals surface area contributed by atoms with Crippen molar-refractivity contribution in [2.24, 2.45) is 11.8 Å². The van der Waals surface area contributed by atoms with Crippen LogP contribution in [0.4, 0.5) is 10.1 Å². The van der Waals surface area contributed by atoms with Crippen molar-refractivity contribution in [3.63, 3.8) is 0 Å². The van der Waals surface area contributed by atoms with Gasteiger partial charge in [-0.1, -0.05) is 6.07 Å². The van der Waals surface area contributed by atoms with E-state index >= 15 is 0 Å². The number of carbonyl (C=O) groups is 2. The highest BCUT2D eigenvalue weighted by Gasteiger charge is 2.35. The van der Waals surface area contributed by atoms with Gasteiger partial charge in [0, 0.05) is 30.6 Å². The van der Waals surface area contributed by atoms with E-state index in [1.54, 1.807) is 6.07 Å². The first-order valence-corrected chi connectivity index (χ1v) is 7.90. The lowest BCUT2D eigenvalue weighted by Gasteiger charge is -2.31. The minimum Gasteiger partial charge on any atom is -0.342 e. The molecule has 2 fully saturated rings. The van der Waals surface area contributed by atoms with Crippen molar-refractivity contribution in [3.05, 3.63) is 29.6 Å². The summed E-state index contributed by atoms with van der Waals surface area (Å²) in [5.74, 6) is -0.0518. The van der Waals surface area contributed by atoms with E-state index in [4.69, 9.17) is 0 Å². The largest absolute Gasteiger partial charge is 0.342 e. The van der Waals surface area contributed by atoms with E-state index in [0.717, 1.165) is 18.4 Å². The molecule has 1 aliphatic heterocycles. The Balaban J connectivity index is 1.55. The van der Waals surface area contributed by atoms with Crippen LogP contribution in [0, 0.1) is 24.6 Å². The molecule has 0 unspecified atom stereocenters. The first kappa shape index (κ1) is 15.0. The fraction of sp³-hybridized carbons (Fsp3) is 0.529. The van der Waals surface area contributed by atoms with Gasteiger partial charge in [0.2, 0.25) is 11.8 Å². The molecule has 3 rings (SSSR count). The van der Waals surface area contributed by atoms with Gasteiger partial charge in [-0.15, -0.1) is 0 Å².